The average molecular weight is 369 g/mol. The zero-order valence-corrected chi connectivity index (χ0v) is 16.3. The maximum atomic E-state index is 12.5. The molecule has 0 fully saturated rings. The van der Waals surface area contributed by atoms with Crippen LogP contribution in [0.1, 0.15) is 29.5 Å². The lowest BCUT2D eigenvalue weighted by Gasteiger charge is -2.21. The highest BCUT2D eigenvalue weighted by Crippen LogP contribution is 2.30. The molecule has 144 valence electrons. The van der Waals surface area contributed by atoms with Crippen molar-refractivity contribution >= 4 is 5.91 Å². The van der Waals surface area contributed by atoms with E-state index >= 15 is 0 Å². The number of methoxy groups -OCH3 is 2. The van der Waals surface area contributed by atoms with Crippen molar-refractivity contribution in [3.8, 4) is 17.2 Å². The SMILES string of the molecule is COc1ccc(CN(C)C(=O)COc2cccc3c2CCCC3)cc1OC. The van der Waals surface area contributed by atoms with Crippen LogP contribution in [0.2, 0.25) is 0 Å². The predicted octanol–water partition coefficient (Wildman–Crippen LogP) is 3.62. The van der Waals surface area contributed by atoms with Gasteiger partial charge in [-0.2, -0.15) is 0 Å². The van der Waals surface area contributed by atoms with Gasteiger partial charge in [0.05, 0.1) is 14.2 Å². The molecule has 0 heterocycles. The van der Waals surface area contributed by atoms with E-state index in [4.69, 9.17) is 14.2 Å². The van der Waals surface area contributed by atoms with Crippen LogP contribution in [-0.4, -0.2) is 38.7 Å². The number of amides is 1. The fourth-order valence-electron chi connectivity index (χ4n) is 3.47. The van der Waals surface area contributed by atoms with E-state index in [2.05, 4.69) is 6.07 Å². The van der Waals surface area contributed by atoms with Gasteiger partial charge in [-0.1, -0.05) is 18.2 Å². The largest absolute Gasteiger partial charge is 0.493 e. The average Bonchev–Trinajstić information content (AvgIpc) is 2.71. The molecule has 0 saturated heterocycles. The fourth-order valence-corrected chi connectivity index (χ4v) is 3.47. The Hall–Kier alpha value is -2.69. The minimum atomic E-state index is -0.0572. The van der Waals surface area contributed by atoms with Crippen LogP contribution in [0.5, 0.6) is 17.2 Å². The standard InChI is InChI=1S/C22H27NO4/c1-23(14-16-11-12-20(25-2)21(13-16)26-3)22(24)15-27-19-10-6-8-17-7-4-5-9-18(17)19/h6,8,10-13H,4-5,7,9,14-15H2,1-3H3. The van der Waals surface area contributed by atoms with Crippen molar-refractivity contribution in [1.82, 2.24) is 4.90 Å². The number of carbonyl (C=O) groups excluding carboxylic acids is 1. The molecule has 0 aromatic heterocycles. The molecule has 5 nitrogen and oxygen atoms in total. The number of likely N-dealkylation sites (N-methyl/N-ethyl adjacent to an activating group) is 1. The molecule has 2 aromatic carbocycles. The molecule has 0 unspecified atom stereocenters. The van der Waals surface area contributed by atoms with Gasteiger partial charge in [-0.25, -0.2) is 0 Å². The zero-order chi connectivity index (χ0) is 19.2. The van der Waals surface area contributed by atoms with E-state index in [1.165, 1.54) is 24.0 Å². The number of aryl methyl sites for hydroxylation is 1. The molecule has 0 saturated carbocycles. The van der Waals surface area contributed by atoms with E-state index in [-0.39, 0.29) is 12.5 Å². The van der Waals surface area contributed by atoms with Gasteiger partial charge in [0.15, 0.2) is 18.1 Å². The van der Waals surface area contributed by atoms with Gasteiger partial charge in [-0.05, 0) is 60.6 Å². The smallest absolute Gasteiger partial charge is 0.260 e. The van der Waals surface area contributed by atoms with Crippen LogP contribution in [0.4, 0.5) is 0 Å². The summed E-state index contributed by atoms with van der Waals surface area (Å²) in [5.41, 5.74) is 3.59. The summed E-state index contributed by atoms with van der Waals surface area (Å²) in [5.74, 6) is 2.12. The van der Waals surface area contributed by atoms with Crippen LogP contribution in [0.25, 0.3) is 0 Å². The first kappa shape index (κ1) is 19.1. The first-order valence-electron chi connectivity index (χ1n) is 9.30. The van der Waals surface area contributed by atoms with Crippen molar-refractivity contribution in [1.29, 1.82) is 0 Å². The van der Waals surface area contributed by atoms with Gasteiger partial charge < -0.3 is 19.1 Å². The Bertz CT molecular complexity index is 803. The molecule has 1 amide bonds. The zero-order valence-electron chi connectivity index (χ0n) is 16.3. The van der Waals surface area contributed by atoms with Crippen LogP contribution in [0, 0.1) is 0 Å². The van der Waals surface area contributed by atoms with E-state index in [9.17, 15) is 4.79 Å². The van der Waals surface area contributed by atoms with Crippen molar-refractivity contribution in [2.45, 2.75) is 32.2 Å². The monoisotopic (exact) mass is 369 g/mol. The van der Waals surface area contributed by atoms with E-state index in [1.54, 1.807) is 26.2 Å². The number of fused-ring (bicyclic) bond motifs is 1. The highest BCUT2D eigenvalue weighted by atomic mass is 16.5. The van der Waals surface area contributed by atoms with Gasteiger partial charge in [0.1, 0.15) is 5.75 Å². The van der Waals surface area contributed by atoms with Crippen LogP contribution in [0.15, 0.2) is 36.4 Å². The Labute approximate surface area is 160 Å². The Kier molecular flexibility index (Phi) is 6.22. The van der Waals surface area contributed by atoms with Crippen LogP contribution >= 0.6 is 0 Å². The van der Waals surface area contributed by atoms with Crippen LogP contribution in [-0.2, 0) is 24.2 Å². The fraction of sp³-hybridized carbons (Fsp3) is 0.409. The summed E-state index contributed by atoms with van der Waals surface area (Å²) < 4.78 is 16.4. The molecule has 0 bridgehead atoms. The summed E-state index contributed by atoms with van der Waals surface area (Å²) in [4.78, 5) is 14.2. The maximum Gasteiger partial charge on any atom is 0.260 e. The second-order valence-corrected chi connectivity index (χ2v) is 6.83. The molecular formula is C22H27NO4. The Balaban J connectivity index is 1.60. The van der Waals surface area contributed by atoms with Gasteiger partial charge in [0.2, 0.25) is 0 Å². The Morgan fingerprint density at radius 1 is 1.00 bits per heavy atom. The Morgan fingerprint density at radius 2 is 1.78 bits per heavy atom. The van der Waals surface area contributed by atoms with Crippen molar-refractivity contribution in [2.75, 3.05) is 27.9 Å². The summed E-state index contributed by atoms with van der Waals surface area (Å²) in [6, 6.07) is 11.8. The maximum absolute atomic E-state index is 12.5. The highest BCUT2D eigenvalue weighted by Gasteiger charge is 2.16. The lowest BCUT2D eigenvalue weighted by molar-refractivity contribution is -0.132. The first-order valence-corrected chi connectivity index (χ1v) is 9.30. The molecular weight excluding hydrogens is 342 g/mol. The predicted molar refractivity (Wildman–Crippen MR) is 105 cm³/mol. The van der Waals surface area contributed by atoms with Crippen molar-refractivity contribution < 1.29 is 19.0 Å². The van der Waals surface area contributed by atoms with Crippen LogP contribution in [0.3, 0.4) is 0 Å². The molecule has 1 aliphatic carbocycles. The molecule has 0 atom stereocenters. The van der Waals surface area contributed by atoms with E-state index < -0.39 is 0 Å². The van der Waals surface area contributed by atoms with Crippen molar-refractivity contribution in [3.63, 3.8) is 0 Å². The Morgan fingerprint density at radius 3 is 2.56 bits per heavy atom. The number of nitrogens with zero attached hydrogens (tertiary/aromatic N) is 1. The molecule has 0 radical (unpaired) electrons. The van der Waals surface area contributed by atoms with E-state index in [0.29, 0.717) is 18.0 Å². The third-order valence-electron chi connectivity index (χ3n) is 5.00. The number of hydrogen-bond donors (Lipinski definition) is 0. The number of benzene rings is 2. The molecule has 2 aromatic rings. The lowest BCUT2D eigenvalue weighted by Crippen LogP contribution is -2.31. The molecule has 3 rings (SSSR count). The topological polar surface area (TPSA) is 48.0 Å². The summed E-state index contributed by atoms with van der Waals surface area (Å²) in [7, 11) is 4.99. The number of hydrogen-bond acceptors (Lipinski definition) is 4. The van der Waals surface area contributed by atoms with Gasteiger partial charge >= 0.3 is 0 Å². The minimum Gasteiger partial charge on any atom is -0.493 e. The first-order chi connectivity index (χ1) is 13.1. The number of ether oxygens (including phenoxy) is 3. The van der Waals surface area contributed by atoms with Crippen molar-refractivity contribution in [2.24, 2.45) is 0 Å². The normalized spacial score (nSPS) is 12.9. The molecule has 0 aliphatic heterocycles. The van der Waals surface area contributed by atoms with Crippen molar-refractivity contribution in [3.05, 3.63) is 53.1 Å². The van der Waals surface area contributed by atoms with E-state index in [1.807, 2.05) is 30.3 Å². The van der Waals surface area contributed by atoms with Gasteiger partial charge in [-0.3, -0.25) is 4.79 Å². The quantitative estimate of drug-likeness (QED) is 0.748. The number of carbonyl (C=O) groups is 1. The summed E-state index contributed by atoms with van der Waals surface area (Å²) >= 11 is 0. The van der Waals surface area contributed by atoms with Gasteiger partial charge in [0.25, 0.3) is 5.91 Å². The second kappa shape index (κ2) is 8.80. The summed E-state index contributed by atoms with van der Waals surface area (Å²) in [5, 5.41) is 0. The summed E-state index contributed by atoms with van der Waals surface area (Å²) in [6.45, 7) is 0.523. The minimum absolute atomic E-state index is 0.0419. The number of rotatable bonds is 7. The van der Waals surface area contributed by atoms with E-state index in [0.717, 1.165) is 24.2 Å². The van der Waals surface area contributed by atoms with Gasteiger partial charge in [-0.15, -0.1) is 0 Å². The third kappa shape index (κ3) is 4.54. The molecule has 0 N–H and O–H groups in total. The third-order valence-corrected chi connectivity index (χ3v) is 5.00. The summed E-state index contributed by atoms with van der Waals surface area (Å²) in [6.07, 6.45) is 4.53. The second-order valence-electron chi connectivity index (χ2n) is 6.83. The highest BCUT2D eigenvalue weighted by molar-refractivity contribution is 5.77. The molecule has 5 heteroatoms. The lowest BCUT2D eigenvalue weighted by atomic mass is 9.91. The van der Waals surface area contributed by atoms with Gasteiger partial charge in [0, 0.05) is 13.6 Å². The molecule has 27 heavy (non-hydrogen) atoms. The molecule has 0 spiro atoms. The molecule has 1 aliphatic rings. The van der Waals surface area contributed by atoms with Crippen LogP contribution < -0.4 is 14.2 Å².